The van der Waals surface area contributed by atoms with Crippen molar-refractivity contribution in [1.82, 2.24) is 0 Å². The minimum Gasteiger partial charge on any atom is -0.455 e. The van der Waals surface area contributed by atoms with E-state index in [-0.39, 0.29) is 5.92 Å². The monoisotopic (exact) mass is 764 g/mol. The molecule has 1 heterocycles. The number of rotatable bonds is 8. The van der Waals surface area contributed by atoms with Crippen LogP contribution in [0.15, 0.2) is 241 Å². The van der Waals surface area contributed by atoms with Gasteiger partial charge in [0.05, 0.1) is 0 Å². The lowest BCUT2D eigenvalue weighted by Gasteiger charge is -2.21. The van der Waals surface area contributed by atoms with Gasteiger partial charge in [-0.1, -0.05) is 224 Å². The van der Waals surface area contributed by atoms with E-state index in [1.54, 1.807) is 0 Å². The number of hydrogen-bond donors (Lipinski definition) is 0. The van der Waals surface area contributed by atoms with Gasteiger partial charge < -0.3 is 4.42 Å². The lowest BCUT2D eigenvalue weighted by molar-refractivity contribution is 0.670. The third-order valence-electron chi connectivity index (χ3n) is 12.0. The number of benzene rings is 10. The van der Waals surface area contributed by atoms with Crippen LogP contribution in [-0.2, 0) is 0 Å². The molecule has 60 heavy (non-hydrogen) atoms. The number of fused-ring (bicyclic) bond motifs is 4. The molecule has 0 saturated carbocycles. The van der Waals surface area contributed by atoms with Gasteiger partial charge in [-0.05, 0) is 89.7 Å². The van der Waals surface area contributed by atoms with E-state index in [1.165, 1.54) is 72.0 Å². The summed E-state index contributed by atoms with van der Waals surface area (Å²) in [6.45, 7) is 0. The molecule has 0 aliphatic carbocycles. The highest BCUT2D eigenvalue weighted by Crippen LogP contribution is 2.39. The van der Waals surface area contributed by atoms with Gasteiger partial charge in [0.25, 0.3) is 0 Å². The first-order valence-corrected chi connectivity index (χ1v) is 20.7. The standard InChI is InChI=1S/C59H40O/c1-2-12-40(13-3-1)48-16-8-17-49(38-48)42-28-34-46(35-29-42)58(47-36-32-44(33-37-47)53-22-10-15-43-14-4-5-20-52(43)53)51-19-9-18-50(39-51)41-26-30-45(31-27-41)54-23-11-24-56-55-21-6-7-25-57(55)60-59(54)56/h1-39,58H. The fraction of sp³-hybridized carbons (Fsp3) is 0.0169. The maximum atomic E-state index is 6.39. The van der Waals surface area contributed by atoms with Crippen LogP contribution in [0.5, 0.6) is 0 Å². The highest BCUT2D eigenvalue weighted by atomic mass is 16.3. The van der Waals surface area contributed by atoms with E-state index in [1.807, 2.05) is 12.1 Å². The zero-order valence-electron chi connectivity index (χ0n) is 33.0. The summed E-state index contributed by atoms with van der Waals surface area (Å²) < 4.78 is 6.39. The topological polar surface area (TPSA) is 13.1 Å². The molecule has 0 fully saturated rings. The summed E-state index contributed by atoms with van der Waals surface area (Å²) in [7, 11) is 0. The van der Waals surface area contributed by atoms with Crippen LogP contribution < -0.4 is 0 Å². The van der Waals surface area contributed by atoms with Crippen LogP contribution in [-0.4, -0.2) is 0 Å². The SMILES string of the molecule is c1ccc(-c2cccc(-c3ccc(C(c4ccc(-c5cccc6ccccc56)cc4)c4cccc(-c5ccc(-c6cccc7c6oc6ccccc67)cc5)c4)cc3)c2)cc1. The average Bonchev–Trinajstić information content (AvgIpc) is 3.72. The first-order valence-electron chi connectivity index (χ1n) is 20.7. The van der Waals surface area contributed by atoms with Crippen molar-refractivity contribution < 1.29 is 4.42 Å². The predicted octanol–water partition coefficient (Wildman–Crippen LogP) is 16.3. The second-order valence-corrected chi connectivity index (χ2v) is 15.6. The molecule has 0 radical (unpaired) electrons. The molecule has 10 aromatic carbocycles. The smallest absolute Gasteiger partial charge is 0.143 e. The molecule has 11 aromatic rings. The molecular formula is C59H40O. The summed E-state index contributed by atoms with van der Waals surface area (Å²) in [5.41, 5.74) is 17.5. The summed E-state index contributed by atoms with van der Waals surface area (Å²) in [4.78, 5) is 0. The fourth-order valence-corrected chi connectivity index (χ4v) is 9.00. The van der Waals surface area contributed by atoms with Gasteiger partial charge in [0.2, 0.25) is 0 Å². The van der Waals surface area contributed by atoms with Crippen molar-refractivity contribution in [2.75, 3.05) is 0 Å². The van der Waals surface area contributed by atoms with Crippen molar-refractivity contribution in [2.45, 2.75) is 5.92 Å². The van der Waals surface area contributed by atoms with Crippen LogP contribution in [0.25, 0.3) is 88.3 Å². The van der Waals surface area contributed by atoms with Crippen LogP contribution in [0.1, 0.15) is 22.6 Å². The van der Waals surface area contributed by atoms with Gasteiger partial charge in [-0.3, -0.25) is 0 Å². The highest BCUT2D eigenvalue weighted by Gasteiger charge is 2.19. The number of para-hydroxylation sites is 2. The minimum absolute atomic E-state index is 0.0289. The van der Waals surface area contributed by atoms with Gasteiger partial charge in [-0.2, -0.15) is 0 Å². The molecule has 11 rings (SSSR count). The minimum atomic E-state index is 0.0289. The second kappa shape index (κ2) is 15.2. The molecule has 1 aromatic heterocycles. The Labute approximate surface area is 350 Å². The lowest BCUT2D eigenvalue weighted by Crippen LogP contribution is -2.04. The zero-order valence-corrected chi connectivity index (χ0v) is 33.0. The highest BCUT2D eigenvalue weighted by molar-refractivity contribution is 6.09. The Morgan fingerprint density at radius 1 is 0.267 bits per heavy atom. The maximum absolute atomic E-state index is 6.39. The van der Waals surface area contributed by atoms with E-state index in [2.05, 4.69) is 224 Å². The molecule has 1 heteroatoms. The lowest BCUT2D eigenvalue weighted by atomic mass is 9.83. The van der Waals surface area contributed by atoms with Gasteiger partial charge in [-0.15, -0.1) is 0 Å². The van der Waals surface area contributed by atoms with E-state index >= 15 is 0 Å². The van der Waals surface area contributed by atoms with Crippen molar-refractivity contribution in [3.05, 3.63) is 253 Å². The van der Waals surface area contributed by atoms with Gasteiger partial charge in [0.1, 0.15) is 11.2 Å². The summed E-state index contributed by atoms with van der Waals surface area (Å²) in [6.07, 6.45) is 0. The molecule has 0 saturated heterocycles. The van der Waals surface area contributed by atoms with Crippen LogP contribution in [0, 0.1) is 0 Å². The summed E-state index contributed by atoms with van der Waals surface area (Å²) in [5, 5.41) is 4.81. The third kappa shape index (κ3) is 6.57. The molecule has 282 valence electrons. The van der Waals surface area contributed by atoms with E-state index in [9.17, 15) is 0 Å². The first kappa shape index (κ1) is 35.4. The molecule has 0 bridgehead atoms. The van der Waals surface area contributed by atoms with Crippen molar-refractivity contribution in [3.8, 4) is 55.6 Å². The first-order chi connectivity index (χ1) is 29.7. The number of hydrogen-bond acceptors (Lipinski definition) is 1. The zero-order chi connectivity index (χ0) is 39.8. The van der Waals surface area contributed by atoms with Crippen molar-refractivity contribution in [1.29, 1.82) is 0 Å². The second-order valence-electron chi connectivity index (χ2n) is 15.6. The molecule has 0 spiro atoms. The Morgan fingerprint density at radius 2 is 0.733 bits per heavy atom. The summed E-state index contributed by atoms with van der Waals surface area (Å²) in [6, 6.07) is 85.7. The predicted molar refractivity (Wildman–Crippen MR) is 252 cm³/mol. The molecule has 0 aliphatic rings. The molecule has 0 aliphatic heterocycles. The van der Waals surface area contributed by atoms with E-state index in [0.29, 0.717) is 0 Å². The van der Waals surface area contributed by atoms with Crippen molar-refractivity contribution in [3.63, 3.8) is 0 Å². The van der Waals surface area contributed by atoms with Crippen LogP contribution in [0.2, 0.25) is 0 Å². The average molecular weight is 765 g/mol. The summed E-state index contributed by atoms with van der Waals surface area (Å²) >= 11 is 0. The maximum Gasteiger partial charge on any atom is 0.143 e. The number of furan rings is 1. The third-order valence-corrected chi connectivity index (χ3v) is 12.0. The normalized spacial score (nSPS) is 11.9. The Kier molecular flexibility index (Phi) is 8.98. The van der Waals surface area contributed by atoms with E-state index in [0.717, 1.165) is 33.1 Å². The fourth-order valence-electron chi connectivity index (χ4n) is 9.00. The van der Waals surface area contributed by atoms with E-state index < -0.39 is 0 Å². The van der Waals surface area contributed by atoms with E-state index in [4.69, 9.17) is 4.42 Å². The molecule has 0 N–H and O–H groups in total. The van der Waals surface area contributed by atoms with Gasteiger partial charge in [0.15, 0.2) is 0 Å². The largest absolute Gasteiger partial charge is 0.455 e. The quantitative estimate of drug-likeness (QED) is 0.140. The van der Waals surface area contributed by atoms with Crippen LogP contribution in [0.3, 0.4) is 0 Å². The molecule has 1 nitrogen and oxygen atoms in total. The molecule has 0 amide bonds. The van der Waals surface area contributed by atoms with Gasteiger partial charge >= 0.3 is 0 Å². The molecule has 1 unspecified atom stereocenters. The van der Waals surface area contributed by atoms with Crippen molar-refractivity contribution >= 4 is 32.7 Å². The Balaban J connectivity index is 0.961. The Morgan fingerprint density at radius 3 is 1.48 bits per heavy atom. The Hall–Kier alpha value is -7.74. The van der Waals surface area contributed by atoms with Crippen LogP contribution in [0.4, 0.5) is 0 Å². The van der Waals surface area contributed by atoms with Gasteiger partial charge in [0, 0.05) is 22.3 Å². The molecular weight excluding hydrogens is 725 g/mol. The summed E-state index contributed by atoms with van der Waals surface area (Å²) in [5.74, 6) is 0.0289. The van der Waals surface area contributed by atoms with Crippen LogP contribution >= 0.6 is 0 Å². The van der Waals surface area contributed by atoms with Gasteiger partial charge in [-0.25, -0.2) is 0 Å². The Bertz CT molecular complexity index is 3280. The van der Waals surface area contributed by atoms with Crippen molar-refractivity contribution in [2.24, 2.45) is 0 Å². The molecule has 1 atom stereocenters.